The Labute approximate surface area is 235 Å². The molecule has 0 radical (unpaired) electrons. The van der Waals surface area contributed by atoms with Gasteiger partial charge in [0.2, 0.25) is 21.8 Å². The lowest BCUT2D eigenvalue weighted by molar-refractivity contribution is -0.140. The summed E-state index contributed by atoms with van der Waals surface area (Å²) >= 11 is 12.8. The lowest BCUT2D eigenvalue weighted by Gasteiger charge is -2.34. The van der Waals surface area contributed by atoms with E-state index in [2.05, 4.69) is 5.32 Å². The molecule has 0 fully saturated rings. The van der Waals surface area contributed by atoms with E-state index in [4.69, 9.17) is 32.7 Å². The Morgan fingerprint density at radius 2 is 1.66 bits per heavy atom. The van der Waals surface area contributed by atoms with Crippen LogP contribution in [0.4, 0.5) is 5.69 Å². The van der Waals surface area contributed by atoms with Crippen LogP contribution in [0.2, 0.25) is 10.0 Å². The summed E-state index contributed by atoms with van der Waals surface area (Å²) in [4.78, 5) is 28.5. The minimum atomic E-state index is -3.97. The maximum Gasteiger partial charge on any atom is 0.244 e. The number of amides is 2. The first-order chi connectivity index (χ1) is 17.9. The number of sulfonamides is 1. The highest BCUT2D eigenvalue weighted by molar-refractivity contribution is 7.92. The zero-order valence-corrected chi connectivity index (χ0v) is 24.8. The standard InChI is InChI=1S/C26H35Cl2N3O6S/c1-7-17(3)29-26(33)22(8-2)30(15-19-20(27)10-9-11-21(19)28)25(32)16-31(38(6,34)35)23-14-18(36-4)12-13-24(23)37-5/h9-14,17,22H,7-8,15-16H2,1-6H3,(H,29,33)/t17-,22-/m0/s1. The predicted octanol–water partition coefficient (Wildman–Crippen LogP) is 4.50. The summed E-state index contributed by atoms with van der Waals surface area (Å²) in [5.41, 5.74) is 0.569. The SMILES string of the molecule is CC[C@H](C)NC(=O)[C@H](CC)N(Cc1c(Cl)cccc1Cl)C(=O)CN(c1cc(OC)ccc1OC)S(C)(=O)=O. The largest absolute Gasteiger partial charge is 0.497 e. The Balaban J connectivity index is 2.59. The highest BCUT2D eigenvalue weighted by Crippen LogP contribution is 2.34. The van der Waals surface area contributed by atoms with Crippen molar-refractivity contribution in [1.29, 1.82) is 0 Å². The molecule has 12 heteroatoms. The molecule has 0 bridgehead atoms. The Morgan fingerprint density at radius 1 is 1.03 bits per heavy atom. The summed E-state index contributed by atoms with van der Waals surface area (Å²) in [6.07, 6.45) is 1.96. The van der Waals surface area contributed by atoms with Crippen molar-refractivity contribution in [3.05, 3.63) is 52.0 Å². The molecule has 1 N–H and O–H groups in total. The van der Waals surface area contributed by atoms with Crippen LogP contribution in [0, 0.1) is 0 Å². The number of nitrogens with one attached hydrogen (secondary N) is 1. The average molecular weight is 589 g/mol. The topological polar surface area (TPSA) is 105 Å². The number of halogens is 2. The van der Waals surface area contributed by atoms with Gasteiger partial charge in [0.15, 0.2) is 0 Å². The van der Waals surface area contributed by atoms with Crippen LogP contribution in [-0.4, -0.2) is 64.2 Å². The molecule has 0 aliphatic carbocycles. The van der Waals surface area contributed by atoms with Gasteiger partial charge in [0.1, 0.15) is 24.1 Å². The van der Waals surface area contributed by atoms with Crippen molar-refractivity contribution in [2.24, 2.45) is 0 Å². The van der Waals surface area contributed by atoms with Gasteiger partial charge in [-0.2, -0.15) is 0 Å². The van der Waals surface area contributed by atoms with Crippen molar-refractivity contribution >= 4 is 50.7 Å². The highest BCUT2D eigenvalue weighted by atomic mass is 35.5. The van der Waals surface area contributed by atoms with Crippen molar-refractivity contribution in [2.75, 3.05) is 31.3 Å². The molecule has 0 saturated carbocycles. The van der Waals surface area contributed by atoms with Crippen LogP contribution < -0.4 is 19.1 Å². The summed E-state index contributed by atoms with van der Waals surface area (Å²) in [5.74, 6) is -0.377. The van der Waals surface area contributed by atoms with Crippen molar-refractivity contribution in [3.63, 3.8) is 0 Å². The van der Waals surface area contributed by atoms with Crippen LogP contribution in [0.15, 0.2) is 36.4 Å². The van der Waals surface area contributed by atoms with Crippen molar-refractivity contribution in [2.45, 2.75) is 52.2 Å². The summed E-state index contributed by atoms with van der Waals surface area (Å²) in [6, 6.07) is 8.55. The Bertz CT molecular complexity index is 1220. The summed E-state index contributed by atoms with van der Waals surface area (Å²) in [7, 11) is -1.13. The molecule has 0 aromatic heterocycles. The van der Waals surface area contributed by atoms with Crippen LogP contribution >= 0.6 is 23.2 Å². The van der Waals surface area contributed by atoms with Gasteiger partial charge >= 0.3 is 0 Å². The minimum absolute atomic E-state index is 0.101. The van der Waals surface area contributed by atoms with Gasteiger partial charge in [0.25, 0.3) is 0 Å². The van der Waals surface area contributed by atoms with Crippen molar-refractivity contribution in [1.82, 2.24) is 10.2 Å². The molecule has 2 amide bonds. The predicted molar refractivity (Wildman–Crippen MR) is 151 cm³/mol. The van der Waals surface area contributed by atoms with E-state index in [-0.39, 0.29) is 36.4 Å². The second-order valence-corrected chi connectivity index (χ2v) is 11.5. The molecule has 0 aliphatic rings. The number of carbonyl (C=O) groups is 2. The number of carbonyl (C=O) groups excluding carboxylic acids is 2. The number of benzene rings is 2. The van der Waals surface area contributed by atoms with Gasteiger partial charge in [-0.05, 0) is 44.0 Å². The number of anilines is 1. The van der Waals surface area contributed by atoms with Gasteiger partial charge in [-0.1, -0.05) is 43.1 Å². The molecule has 210 valence electrons. The Hall–Kier alpha value is -2.69. The van der Waals surface area contributed by atoms with Gasteiger partial charge < -0.3 is 19.7 Å². The van der Waals surface area contributed by atoms with E-state index >= 15 is 0 Å². The molecule has 38 heavy (non-hydrogen) atoms. The molecular formula is C26H35Cl2N3O6S. The second-order valence-electron chi connectivity index (χ2n) is 8.77. The Morgan fingerprint density at radius 3 is 2.16 bits per heavy atom. The Kier molecular flexibility index (Phi) is 11.5. The number of nitrogens with zero attached hydrogens (tertiary/aromatic N) is 2. The lowest BCUT2D eigenvalue weighted by Crippen LogP contribution is -2.53. The molecule has 0 aliphatic heterocycles. The quantitative estimate of drug-likeness (QED) is 0.370. The first kappa shape index (κ1) is 31.5. The maximum absolute atomic E-state index is 13.9. The first-order valence-corrected chi connectivity index (χ1v) is 14.7. The second kappa shape index (κ2) is 13.9. The zero-order valence-electron chi connectivity index (χ0n) is 22.5. The van der Waals surface area contributed by atoms with Gasteiger partial charge in [-0.25, -0.2) is 8.42 Å². The molecule has 9 nitrogen and oxygen atoms in total. The molecule has 2 aromatic rings. The van der Waals surface area contributed by atoms with E-state index in [1.807, 2.05) is 13.8 Å². The number of ether oxygens (including phenoxy) is 2. The van der Waals surface area contributed by atoms with Gasteiger partial charge in [0.05, 0.1) is 26.2 Å². The number of hydrogen-bond acceptors (Lipinski definition) is 6. The third-order valence-corrected chi connectivity index (χ3v) is 7.95. The number of hydrogen-bond donors (Lipinski definition) is 1. The van der Waals surface area contributed by atoms with E-state index in [1.54, 1.807) is 37.3 Å². The molecule has 0 unspecified atom stereocenters. The molecule has 2 atom stereocenters. The van der Waals surface area contributed by atoms with Crippen molar-refractivity contribution in [3.8, 4) is 11.5 Å². The maximum atomic E-state index is 13.9. The lowest BCUT2D eigenvalue weighted by atomic mass is 10.1. The third-order valence-electron chi connectivity index (χ3n) is 6.11. The first-order valence-electron chi connectivity index (χ1n) is 12.1. The van der Waals surface area contributed by atoms with Crippen LogP contribution in [0.1, 0.15) is 39.2 Å². The molecule has 0 spiro atoms. The highest BCUT2D eigenvalue weighted by Gasteiger charge is 2.33. The third kappa shape index (κ3) is 7.91. The van der Waals surface area contributed by atoms with Gasteiger partial charge in [-0.15, -0.1) is 0 Å². The summed E-state index contributed by atoms with van der Waals surface area (Å²) in [6.45, 7) is 4.87. The van der Waals surface area contributed by atoms with Crippen LogP contribution in [-0.2, 0) is 26.2 Å². The fraction of sp³-hybridized carbons (Fsp3) is 0.462. The molecule has 2 rings (SSSR count). The van der Waals surface area contributed by atoms with E-state index in [0.29, 0.717) is 27.8 Å². The molecular weight excluding hydrogens is 553 g/mol. The van der Waals surface area contributed by atoms with E-state index < -0.39 is 28.5 Å². The van der Waals surface area contributed by atoms with Crippen LogP contribution in [0.25, 0.3) is 0 Å². The van der Waals surface area contributed by atoms with Crippen LogP contribution in [0.5, 0.6) is 11.5 Å². The zero-order chi connectivity index (χ0) is 28.6. The number of methoxy groups -OCH3 is 2. The van der Waals surface area contributed by atoms with Gasteiger partial charge in [0, 0.05) is 34.3 Å². The minimum Gasteiger partial charge on any atom is -0.497 e. The molecule has 2 aromatic carbocycles. The van der Waals surface area contributed by atoms with Crippen LogP contribution in [0.3, 0.4) is 0 Å². The van der Waals surface area contributed by atoms with E-state index in [1.165, 1.54) is 25.2 Å². The fourth-order valence-corrected chi connectivity index (χ4v) is 5.16. The average Bonchev–Trinajstić information content (AvgIpc) is 2.87. The molecule has 0 heterocycles. The monoisotopic (exact) mass is 587 g/mol. The van der Waals surface area contributed by atoms with E-state index in [9.17, 15) is 18.0 Å². The number of rotatable bonds is 13. The van der Waals surface area contributed by atoms with Gasteiger partial charge in [-0.3, -0.25) is 13.9 Å². The normalized spacial score (nSPS) is 12.8. The fourth-order valence-electron chi connectivity index (χ4n) is 3.80. The van der Waals surface area contributed by atoms with Crippen molar-refractivity contribution < 1.29 is 27.5 Å². The summed E-state index contributed by atoms with van der Waals surface area (Å²) < 4.78 is 37.4. The van der Waals surface area contributed by atoms with E-state index in [0.717, 1.165) is 10.6 Å². The molecule has 0 saturated heterocycles. The smallest absolute Gasteiger partial charge is 0.244 e. The summed E-state index contributed by atoms with van der Waals surface area (Å²) in [5, 5.41) is 3.55.